The van der Waals surface area contributed by atoms with E-state index in [-0.39, 0.29) is 17.7 Å². The molecule has 128 valence electrons. The smallest absolute Gasteiger partial charge is 0.258 e. The Morgan fingerprint density at radius 3 is 2.71 bits per heavy atom. The molecule has 3 aliphatic rings. The van der Waals surface area contributed by atoms with Crippen LogP contribution in [0.5, 0.6) is 0 Å². The van der Waals surface area contributed by atoms with Crippen LogP contribution in [0.3, 0.4) is 0 Å². The van der Waals surface area contributed by atoms with Gasteiger partial charge in [0, 0.05) is 37.7 Å². The predicted octanol–water partition coefficient (Wildman–Crippen LogP) is 2.04. The van der Waals surface area contributed by atoms with Gasteiger partial charge < -0.3 is 14.9 Å². The Bertz CT molecular complexity index is 668. The van der Waals surface area contributed by atoms with Gasteiger partial charge >= 0.3 is 0 Å². The molecule has 2 fully saturated rings. The number of rotatable bonds is 4. The molecule has 1 atom stereocenters. The van der Waals surface area contributed by atoms with E-state index in [1.54, 1.807) is 4.90 Å². The molecule has 4 rings (SSSR count). The van der Waals surface area contributed by atoms with Gasteiger partial charge in [-0.1, -0.05) is 18.2 Å². The third-order valence-electron chi connectivity index (χ3n) is 5.81. The fraction of sp³-hybridized carbons (Fsp3) is 0.579. The Labute approximate surface area is 142 Å². The highest BCUT2D eigenvalue weighted by Crippen LogP contribution is 2.42. The Morgan fingerprint density at radius 1 is 1.25 bits per heavy atom. The van der Waals surface area contributed by atoms with Gasteiger partial charge in [-0.2, -0.15) is 0 Å². The molecule has 1 N–H and O–H groups in total. The fourth-order valence-corrected chi connectivity index (χ4v) is 4.16. The molecule has 1 aliphatic carbocycles. The lowest BCUT2D eigenvalue weighted by molar-refractivity contribution is -0.145. The van der Waals surface area contributed by atoms with Crippen molar-refractivity contribution >= 4 is 17.5 Å². The Balaban J connectivity index is 1.50. The topological polar surface area (TPSA) is 60.9 Å². The van der Waals surface area contributed by atoms with Crippen LogP contribution in [0.2, 0.25) is 0 Å². The lowest BCUT2D eigenvalue weighted by Crippen LogP contribution is -2.53. The van der Waals surface area contributed by atoms with Gasteiger partial charge in [-0.05, 0) is 43.7 Å². The highest BCUT2D eigenvalue weighted by molar-refractivity contribution is 6.01. The largest absolute Gasteiger partial charge is 0.380 e. The highest BCUT2D eigenvalue weighted by Gasteiger charge is 2.47. The summed E-state index contributed by atoms with van der Waals surface area (Å²) in [6, 6.07) is 7.98. The van der Waals surface area contributed by atoms with Gasteiger partial charge in [-0.3, -0.25) is 9.59 Å². The number of nitrogens with zero attached hydrogens (tertiary/aromatic N) is 2. The van der Waals surface area contributed by atoms with Crippen molar-refractivity contribution in [1.82, 2.24) is 4.90 Å². The summed E-state index contributed by atoms with van der Waals surface area (Å²) in [4.78, 5) is 28.3. The van der Waals surface area contributed by atoms with Gasteiger partial charge in [-0.25, -0.2) is 0 Å². The average Bonchev–Trinajstić information content (AvgIpc) is 3.13. The second kappa shape index (κ2) is 5.88. The van der Waals surface area contributed by atoms with E-state index in [2.05, 4.69) is 6.07 Å². The van der Waals surface area contributed by atoms with Crippen molar-refractivity contribution in [2.75, 3.05) is 24.5 Å². The molecule has 0 aromatic heterocycles. The molecular weight excluding hydrogens is 304 g/mol. The van der Waals surface area contributed by atoms with Crippen molar-refractivity contribution in [2.24, 2.45) is 0 Å². The van der Waals surface area contributed by atoms with E-state index in [1.807, 2.05) is 23.1 Å². The van der Waals surface area contributed by atoms with Crippen LogP contribution < -0.4 is 4.90 Å². The van der Waals surface area contributed by atoms with Gasteiger partial charge in [0.05, 0.1) is 0 Å². The van der Waals surface area contributed by atoms with E-state index < -0.39 is 5.60 Å². The minimum Gasteiger partial charge on any atom is -0.380 e. The number of aliphatic hydroxyl groups is 1. The third kappa shape index (κ3) is 2.51. The van der Waals surface area contributed by atoms with Crippen molar-refractivity contribution in [1.29, 1.82) is 0 Å². The minimum absolute atomic E-state index is 0.152. The first-order chi connectivity index (χ1) is 11.6. The summed E-state index contributed by atoms with van der Waals surface area (Å²) in [7, 11) is 0. The second-order valence-corrected chi connectivity index (χ2v) is 7.33. The maximum absolute atomic E-state index is 12.8. The molecule has 5 heteroatoms. The number of hydrogen-bond acceptors (Lipinski definition) is 3. The lowest BCUT2D eigenvalue weighted by Gasteiger charge is -2.38. The molecule has 0 radical (unpaired) electrons. The van der Waals surface area contributed by atoms with E-state index in [1.165, 1.54) is 5.56 Å². The summed E-state index contributed by atoms with van der Waals surface area (Å²) in [5.74, 6) is 0.334. The molecule has 0 bridgehead atoms. The van der Waals surface area contributed by atoms with E-state index in [9.17, 15) is 14.7 Å². The predicted molar refractivity (Wildman–Crippen MR) is 90.8 cm³/mol. The molecule has 1 saturated heterocycles. The van der Waals surface area contributed by atoms with Gasteiger partial charge in [0.15, 0.2) is 0 Å². The van der Waals surface area contributed by atoms with Crippen LogP contribution in [0.1, 0.15) is 50.0 Å². The van der Waals surface area contributed by atoms with Gasteiger partial charge in [0.1, 0.15) is 5.60 Å². The monoisotopic (exact) mass is 328 g/mol. The number of benzene rings is 1. The molecule has 1 saturated carbocycles. The zero-order valence-corrected chi connectivity index (χ0v) is 13.9. The molecule has 1 aromatic rings. The summed E-state index contributed by atoms with van der Waals surface area (Å²) >= 11 is 0. The molecule has 5 nitrogen and oxygen atoms in total. The maximum atomic E-state index is 12.8. The zero-order chi connectivity index (χ0) is 16.7. The lowest BCUT2D eigenvalue weighted by atomic mass is 9.79. The van der Waals surface area contributed by atoms with Crippen molar-refractivity contribution in [3.8, 4) is 0 Å². The van der Waals surface area contributed by atoms with E-state index >= 15 is 0 Å². The molecule has 2 aliphatic heterocycles. The maximum Gasteiger partial charge on any atom is 0.258 e. The Hall–Kier alpha value is -1.88. The fourth-order valence-electron chi connectivity index (χ4n) is 4.16. The Kier molecular flexibility index (Phi) is 3.83. The number of amides is 2. The summed E-state index contributed by atoms with van der Waals surface area (Å²) in [5.41, 5.74) is 0.938. The van der Waals surface area contributed by atoms with E-state index in [0.717, 1.165) is 38.0 Å². The first kappa shape index (κ1) is 15.6. The van der Waals surface area contributed by atoms with Gasteiger partial charge in [0.25, 0.3) is 5.91 Å². The molecule has 2 amide bonds. The first-order valence-corrected chi connectivity index (χ1v) is 8.99. The molecular formula is C19H24N2O3. The molecule has 1 aromatic carbocycles. The normalized spacial score (nSPS) is 24.9. The number of fused-ring (bicyclic) bond motifs is 1. The van der Waals surface area contributed by atoms with Crippen LogP contribution in [0, 0.1) is 0 Å². The molecule has 1 unspecified atom stereocenters. The van der Waals surface area contributed by atoms with Crippen LogP contribution in [0.25, 0.3) is 0 Å². The summed E-state index contributed by atoms with van der Waals surface area (Å²) in [5, 5.41) is 10.4. The minimum atomic E-state index is -1.16. The number of carbonyl (C=O) groups excluding carboxylic acids is 2. The van der Waals surface area contributed by atoms with E-state index in [4.69, 9.17) is 0 Å². The SMILES string of the molecule is O=C1CCCN1CCC1CN(C(=O)C2(O)CCC2)c2ccccc21. The third-order valence-corrected chi connectivity index (χ3v) is 5.81. The Morgan fingerprint density at radius 2 is 2.04 bits per heavy atom. The number of hydrogen-bond donors (Lipinski definition) is 1. The van der Waals surface area contributed by atoms with Crippen molar-refractivity contribution in [3.05, 3.63) is 29.8 Å². The van der Waals surface area contributed by atoms with Crippen molar-refractivity contribution in [2.45, 2.75) is 50.0 Å². The standard InChI is InChI=1S/C19H24N2O3/c22-17-7-3-11-20(17)12-8-14-13-21(16-6-2-1-5-15(14)16)18(23)19(24)9-4-10-19/h1-2,5-6,14,24H,3-4,7-13H2. The van der Waals surface area contributed by atoms with E-state index in [0.29, 0.717) is 25.8 Å². The van der Waals surface area contributed by atoms with Crippen LogP contribution in [-0.4, -0.2) is 47.1 Å². The summed E-state index contributed by atoms with van der Waals surface area (Å²) in [6.45, 7) is 2.22. The van der Waals surface area contributed by atoms with Crippen molar-refractivity contribution in [3.63, 3.8) is 0 Å². The number of para-hydroxylation sites is 1. The van der Waals surface area contributed by atoms with Gasteiger partial charge in [-0.15, -0.1) is 0 Å². The quantitative estimate of drug-likeness (QED) is 0.920. The summed E-state index contributed by atoms with van der Waals surface area (Å²) in [6.07, 6.45) is 4.54. The highest BCUT2D eigenvalue weighted by atomic mass is 16.3. The molecule has 2 heterocycles. The second-order valence-electron chi connectivity index (χ2n) is 7.33. The zero-order valence-electron chi connectivity index (χ0n) is 13.9. The molecule has 24 heavy (non-hydrogen) atoms. The number of likely N-dealkylation sites (tertiary alicyclic amines) is 1. The average molecular weight is 328 g/mol. The number of carbonyl (C=O) groups is 2. The van der Waals surface area contributed by atoms with Crippen LogP contribution >= 0.6 is 0 Å². The van der Waals surface area contributed by atoms with Crippen molar-refractivity contribution < 1.29 is 14.7 Å². The first-order valence-electron chi connectivity index (χ1n) is 8.99. The van der Waals surface area contributed by atoms with Gasteiger partial charge in [0.2, 0.25) is 5.91 Å². The number of anilines is 1. The van der Waals surface area contributed by atoms with Crippen LogP contribution in [0.15, 0.2) is 24.3 Å². The molecule has 0 spiro atoms. The van der Waals surface area contributed by atoms with Crippen LogP contribution in [-0.2, 0) is 9.59 Å². The van der Waals surface area contributed by atoms with Crippen LogP contribution in [0.4, 0.5) is 5.69 Å². The summed E-state index contributed by atoms with van der Waals surface area (Å²) < 4.78 is 0.